The predicted octanol–water partition coefficient (Wildman–Crippen LogP) is 3.72. The minimum absolute atomic E-state index is 0.712. The van der Waals surface area contributed by atoms with Gasteiger partial charge in [-0.05, 0) is 32.4 Å². The van der Waals surface area contributed by atoms with E-state index in [1.807, 2.05) is 0 Å². The van der Waals surface area contributed by atoms with Crippen LogP contribution in [0.5, 0.6) is 0 Å². The molecule has 1 saturated carbocycles. The van der Waals surface area contributed by atoms with Crippen molar-refractivity contribution in [2.45, 2.75) is 64.8 Å². The predicted molar refractivity (Wildman–Crippen MR) is 75.8 cm³/mol. The highest BCUT2D eigenvalue weighted by Crippen LogP contribution is 2.20. The summed E-state index contributed by atoms with van der Waals surface area (Å²) in [6.07, 6.45) is 10.9. The van der Waals surface area contributed by atoms with E-state index in [1.54, 1.807) is 6.20 Å². The number of allylic oxidation sites excluding steroid dienone is 1. The highest BCUT2D eigenvalue weighted by molar-refractivity contribution is 5.11. The first-order valence-electron chi connectivity index (χ1n) is 7.07. The molecule has 0 saturated heterocycles. The van der Waals surface area contributed by atoms with Crippen molar-refractivity contribution in [3.63, 3.8) is 0 Å². The monoisotopic (exact) mass is 236 g/mol. The standard InChI is InChI=1S/C15H28N2/c1-4-13(3)15(11-12-16-5-2)17-14-9-7-6-8-10-14/h5,14,16-17H,2,4,6-12H2,1,3H3/b15-13+. The van der Waals surface area contributed by atoms with Crippen LogP contribution in [-0.4, -0.2) is 12.6 Å². The van der Waals surface area contributed by atoms with Crippen LogP contribution in [0, 0.1) is 0 Å². The first kappa shape index (κ1) is 14.1. The fraction of sp³-hybridized carbons (Fsp3) is 0.733. The fourth-order valence-electron chi connectivity index (χ4n) is 2.41. The van der Waals surface area contributed by atoms with Crippen LogP contribution in [0.25, 0.3) is 0 Å². The van der Waals surface area contributed by atoms with Gasteiger partial charge in [-0.25, -0.2) is 0 Å². The first-order chi connectivity index (χ1) is 8.27. The molecule has 2 nitrogen and oxygen atoms in total. The number of rotatable bonds is 7. The minimum Gasteiger partial charge on any atom is -0.391 e. The lowest BCUT2D eigenvalue weighted by atomic mass is 9.94. The van der Waals surface area contributed by atoms with E-state index in [0.29, 0.717) is 6.04 Å². The molecule has 0 unspecified atom stereocenters. The molecule has 0 aromatic rings. The maximum atomic E-state index is 3.77. The Morgan fingerprint density at radius 1 is 1.29 bits per heavy atom. The summed E-state index contributed by atoms with van der Waals surface area (Å²) in [5.74, 6) is 0. The molecule has 1 rings (SSSR count). The van der Waals surface area contributed by atoms with Crippen molar-refractivity contribution in [2.24, 2.45) is 0 Å². The van der Waals surface area contributed by atoms with Crippen molar-refractivity contribution in [1.29, 1.82) is 0 Å². The van der Waals surface area contributed by atoms with E-state index in [9.17, 15) is 0 Å². The van der Waals surface area contributed by atoms with Crippen molar-refractivity contribution >= 4 is 0 Å². The lowest BCUT2D eigenvalue weighted by Gasteiger charge is -2.26. The molecule has 0 amide bonds. The third-order valence-corrected chi connectivity index (χ3v) is 3.69. The Morgan fingerprint density at radius 2 is 2.00 bits per heavy atom. The van der Waals surface area contributed by atoms with E-state index in [2.05, 4.69) is 31.1 Å². The lowest BCUT2D eigenvalue weighted by Crippen LogP contribution is -2.32. The van der Waals surface area contributed by atoms with Crippen LogP contribution in [0.4, 0.5) is 0 Å². The summed E-state index contributed by atoms with van der Waals surface area (Å²) in [7, 11) is 0. The quantitative estimate of drug-likeness (QED) is 0.658. The van der Waals surface area contributed by atoms with Crippen LogP contribution in [0.1, 0.15) is 58.8 Å². The van der Waals surface area contributed by atoms with Crippen molar-refractivity contribution in [3.05, 3.63) is 24.0 Å². The van der Waals surface area contributed by atoms with E-state index < -0.39 is 0 Å². The van der Waals surface area contributed by atoms with Gasteiger partial charge in [0.2, 0.25) is 0 Å². The minimum atomic E-state index is 0.712. The van der Waals surface area contributed by atoms with Gasteiger partial charge >= 0.3 is 0 Å². The molecule has 0 aromatic heterocycles. The normalized spacial score (nSPS) is 18.5. The Morgan fingerprint density at radius 3 is 2.59 bits per heavy atom. The van der Waals surface area contributed by atoms with Gasteiger partial charge in [-0.15, -0.1) is 0 Å². The fourth-order valence-corrected chi connectivity index (χ4v) is 2.41. The average Bonchev–Trinajstić information content (AvgIpc) is 2.38. The van der Waals surface area contributed by atoms with Gasteiger partial charge in [0.1, 0.15) is 0 Å². The molecule has 0 spiro atoms. The molecular formula is C15H28N2. The van der Waals surface area contributed by atoms with Crippen molar-refractivity contribution in [1.82, 2.24) is 10.6 Å². The second-order valence-electron chi connectivity index (χ2n) is 5.00. The highest BCUT2D eigenvalue weighted by atomic mass is 14.9. The third kappa shape index (κ3) is 5.29. The van der Waals surface area contributed by atoms with Crippen LogP contribution in [-0.2, 0) is 0 Å². The Hall–Kier alpha value is -0.920. The van der Waals surface area contributed by atoms with Crippen molar-refractivity contribution in [2.75, 3.05) is 6.54 Å². The lowest BCUT2D eigenvalue weighted by molar-refractivity contribution is 0.391. The van der Waals surface area contributed by atoms with Crippen LogP contribution in [0.3, 0.4) is 0 Å². The zero-order valence-electron chi connectivity index (χ0n) is 11.5. The number of nitrogens with one attached hydrogen (secondary N) is 2. The molecule has 0 radical (unpaired) electrons. The Balaban J connectivity index is 2.47. The smallest absolute Gasteiger partial charge is 0.0258 e. The van der Waals surface area contributed by atoms with E-state index >= 15 is 0 Å². The molecule has 1 fully saturated rings. The van der Waals surface area contributed by atoms with Gasteiger partial charge < -0.3 is 10.6 Å². The summed E-state index contributed by atoms with van der Waals surface area (Å²) in [5, 5.41) is 6.96. The zero-order valence-corrected chi connectivity index (χ0v) is 11.5. The molecule has 0 heterocycles. The van der Waals surface area contributed by atoms with Gasteiger partial charge in [0.05, 0.1) is 0 Å². The van der Waals surface area contributed by atoms with Gasteiger partial charge in [0.25, 0.3) is 0 Å². The SMILES string of the molecule is C=CNCC/C(NC1CCCCC1)=C(/C)CC. The molecule has 0 bridgehead atoms. The van der Waals surface area contributed by atoms with Gasteiger partial charge in [-0.3, -0.25) is 0 Å². The number of hydrogen-bond acceptors (Lipinski definition) is 2. The molecule has 0 aliphatic heterocycles. The van der Waals surface area contributed by atoms with Crippen molar-refractivity contribution < 1.29 is 0 Å². The average molecular weight is 236 g/mol. The maximum absolute atomic E-state index is 3.77. The first-order valence-corrected chi connectivity index (χ1v) is 7.07. The van der Waals surface area contributed by atoms with Gasteiger partial charge in [-0.2, -0.15) is 0 Å². The molecule has 17 heavy (non-hydrogen) atoms. The Labute approximate surface area is 107 Å². The summed E-state index contributed by atoms with van der Waals surface area (Å²) in [5.41, 5.74) is 2.95. The van der Waals surface area contributed by atoms with Crippen LogP contribution >= 0.6 is 0 Å². The summed E-state index contributed by atoms with van der Waals surface area (Å²) < 4.78 is 0. The second kappa shape index (κ2) is 8.21. The second-order valence-corrected chi connectivity index (χ2v) is 5.00. The van der Waals surface area contributed by atoms with Crippen LogP contribution in [0.15, 0.2) is 24.0 Å². The molecule has 1 aliphatic rings. The largest absolute Gasteiger partial charge is 0.391 e. The molecular weight excluding hydrogens is 208 g/mol. The van der Waals surface area contributed by atoms with Crippen molar-refractivity contribution in [3.8, 4) is 0 Å². The Bertz CT molecular complexity index is 250. The molecule has 2 heteroatoms. The van der Waals surface area contributed by atoms with E-state index in [4.69, 9.17) is 0 Å². The van der Waals surface area contributed by atoms with E-state index in [-0.39, 0.29) is 0 Å². The molecule has 0 aromatic carbocycles. The summed E-state index contributed by atoms with van der Waals surface area (Å²) in [6, 6.07) is 0.712. The topological polar surface area (TPSA) is 24.1 Å². The molecule has 0 atom stereocenters. The summed E-state index contributed by atoms with van der Waals surface area (Å²) in [4.78, 5) is 0. The molecule has 1 aliphatic carbocycles. The van der Waals surface area contributed by atoms with E-state index in [0.717, 1.165) is 19.4 Å². The molecule has 2 N–H and O–H groups in total. The van der Waals surface area contributed by atoms with Gasteiger partial charge in [0.15, 0.2) is 0 Å². The third-order valence-electron chi connectivity index (χ3n) is 3.69. The summed E-state index contributed by atoms with van der Waals surface area (Å²) in [6.45, 7) is 9.16. The molecule has 98 valence electrons. The highest BCUT2D eigenvalue weighted by Gasteiger charge is 2.14. The van der Waals surface area contributed by atoms with Gasteiger partial charge in [-0.1, -0.05) is 38.3 Å². The number of hydrogen-bond donors (Lipinski definition) is 2. The van der Waals surface area contributed by atoms with E-state index in [1.165, 1.54) is 43.4 Å². The maximum Gasteiger partial charge on any atom is 0.0258 e. The van der Waals surface area contributed by atoms with Crippen LogP contribution in [0.2, 0.25) is 0 Å². The van der Waals surface area contributed by atoms with Crippen LogP contribution < -0.4 is 10.6 Å². The summed E-state index contributed by atoms with van der Waals surface area (Å²) >= 11 is 0. The zero-order chi connectivity index (χ0) is 12.5. The van der Waals surface area contributed by atoms with Gasteiger partial charge in [0, 0.05) is 24.7 Å². The Kier molecular flexibility index (Phi) is 6.83.